The molecule has 0 bridgehead atoms. The molecular formula is C27H24N2O5. The predicted molar refractivity (Wildman–Crippen MR) is 129 cm³/mol. The summed E-state index contributed by atoms with van der Waals surface area (Å²) in [6.45, 7) is 2.80. The van der Waals surface area contributed by atoms with Crippen LogP contribution in [-0.4, -0.2) is 30.8 Å². The van der Waals surface area contributed by atoms with Crippen molar-refractivity contribution in [3.05, 3.63) is 93.5 Å². The van der Waals surface area contributed by atoms with Crippen molar-refractivity contribution < 1.29 is 19.2 Å². The molecule has 3 aromatic rings. The fourth-order valence-corrected chi connectivity index (χ4v) is 4.04. The van der Waals surface area contributed by atoms with Crippen LogP contribution in [0.3, 0.4) is 0 Å². The van der Waals surface area contributed by atoms with Crippen LogP contribution in [0, 0.1) is 22.0 Å². The maximum Gasteiger partial charge on any atom is 0.407 e. The number of amides is 1. The lowest BCUT2D eigenvalue weighted by atomic mass is 9.98. The summed E-state index contributed by atoms with van der Waals surface area (Å²) in [6.07, 6.45) is -0.146. The molecule has 1 N–H and O–H groups in total. The minimum Gasteiger partial charge on any atom is -0.493 e. The topological polar surface area (TPSA) is 90.7 Å². The molecule has 1 amide bonds. The van der Waals surface area contributed by atoms with Gasteiger partial charge in [-0.25, -0.2) is 4.79 Å². The number of nitro benzene ring substituents is 1. The van der Waals surface area contributed by atoms with E-state index in [0.717, 1.165) is 11.1 Å². The highest BCUT2D eigenvalue weighted by atomic mass is 16.6. The van der Waals surface area contributed by atoms with E-state index in [9.17, 15) is 14.9 Å². The summed E-state index contributed by atoms with van der Waals surface area (Å²) < 4.78 is 11.0. The van der Waals surface area contributed by atoms with Crippen LogP contribution in [0.4, 0.5) is 10.5 Å². The van der Waals surface area contributed by atoms with Crippen molar-refractivity contribution in [2.24, 2.45) is 0 Å². The number of carbonyl (C=O) groups excluding carboxylic acids is 1. The summed E-state index contributed by atoms with van der Waals surface area (Å²) in [5.41, 5.74) is 5.06. The molecule has 7 nitrogen and oxygen atoms in total. The number of carbonyl (C=O) groups is 1. The number of rotatable bonds is 7. The van der Waals surface area contributed by atoms with Crippen LogP contribution in [0.15, 0.2) is 66.7 Å². The van der Waals surface area contributed by atoms with E-state index in [1.165, 1.54) is 23.3 Å². The van der Waals surface area contributed by atoms with Crippen LogP contribution in [0.2, 0.25) is 0 Å². The van der Waals surface area contributed by atoms with E-state index in [1.807, 2.05) is 31.2 Å². The standard InChI is InChI=1S/C27H24N2O5/c1-2-33-26-15-14-20(29(31)32)17-19(26)9-7-8-16-28-27(30)34-18-25-23-12-5-3-10-21(23)22-11-4-6-13-24(22)25/h3-6,10-15,17,25H,2,8,16,18H2,1H3,(H,28,30). The average Bonchev–Trinajstić information content (AvgIpc) is 3.17. The van der Waals surface area contributed by atoms with Gasteiger partial charge in [-0.15, -0.1) is 0 Å². The Morgan fingerprint density at radius 3 is 2.38 bits per heavy atom. The van der Waals surface area contributed by atoms with Crippen LogP contribution in [0.1, 0.15) is 36.0 Å². The number of nitrogens with one attached hydrogen (secondary N) is 1. The third-order valence-electron chi connectivity index (χ3n) is 5.56. The number of fused-ring (bicyclic) bond motifs is 3. The molecule has 1 aliphatic carbocycles. The van der Waals surface area contributed by atoms with E-state index in [1.54, 1.807) is 6.07 Å². The van der Waals surface area contributed by atoms with E-state index in [4.69, 9.17) is 9.47 Å². The first-order valence-corrected chi connectivity index (χ1v) is 11.1. The SMILES string of the molecule is CCOc1ccc([N+](=O)[O-])cc1C#CCCNC(=O)OCC1c2ccccc2-c2ccccc21. The van der Waals surface area contributed by atoms with Crippen LogP contribution in [0.5, 0.6) is 5.75 Å². The lowest BCUT2D eigenvalue weighted by molar-refractivity contribution is -0.384. The van der Waals surface area contributed by atoms with E-state index < -0.39 is 11.0 Å². The fourth-order valence-electron chi connectivity index (χ4n) is 4.04. The third kappa shape index (κ3) is 5.02. The number of hydrogen-bond acceptors (Lipinski definition) is 5. The van der Waals surface area contributed by atoms with Gasteiger partial charge in [-0.3, -0.25) is 10.1 Å². The summed E-state index contributed by atoms with van der Waals surface area (Å²) in [5.74, 6) is 6.31. The van der Waals surface area contributed by atoms with Gasteiger partial charge in [-0.2, -0.15) is 0 Å². The molecule has 0 fully saturated rings. The smallest absolute Gasteiger partial charge is 0.407 e. The third-order valence-corrected chi connectivity index (χ3v) is 5.56. The first-order chi connectivity index (χ1) is 16.6. The van der Waals surface area contributed by atoms with Crippen LogP contribution >= 0.6 is 0 Å². The van der Waals surface area contributed by atoms with Gasteiger partial charge in [-0.1, -0.05) is 60.4 Å². The number of nitro groups is 1. The van der Waals surface area contributed by atoms with Gasteiger partial charge in [0.25, 0.3) is 5.69 Å². The molecule has 0 saturated carbocycles. The Labute approximate surface area is 197 Å². The van der Waals surface area contributed by atoms with Crippen molar-refractivity contribution in [3.63, 3.8) is 0 Å². The molecule has 172 valence electrons. The monoisotopic (exact) mass is 456 g/mol. The summed E-state index contributed by atoms with van der Waals surface area (Å²) in [6, 6.07) is 20.6. The first-order valence-electron chi connectivity index (χ1n) is 11.1. The van der Waals surface area contributed by atoms with E-state index >= 15 is 0 Å². The van der Waals surface area contributed by atoms with Crippen molar-refractivity contribution in [3.8, 4) is 28.7 Å². The second kappa shape index (κ2) is 10.5. The number of nitrogens with zero attached hydrogens (tertiary/aromatic N) is 1. The Kier molecular flexibility index (Phi) is 7.09. The molecule has 0 heterocycles. The zero-order valence-electron chi connectivity index (χ0n) is 18.7. The van der Waals surface area contributed by atoms with E-state index in [2.05, 4.69) is 41.4 Å². The maximum absolute atomic E-state index is 12.2. The lowest BCUT2D eigenvalue weighted by Gasteiger charge is -2.14. The fraction of sp³-hybridized carbons (Fsp3) is 0.222. The van der Waals surface area contributed by atoms with Gasteiger partial charge in [0.1, 0.15) is 12.4 Å². The zero-order chi connectivity index (χ0) is 23.9. The molecule has 34 heavy (non-hydrogen) atoms. The molecule has 0 unspecified atom stereocenters. The number of benzene rings is 3. The Morgan fingerprint density at radius 1 is 1.06 bits per heavy atom. The minimum absolute atomic E-state index is 0.00352. The Bertz CT molecular complexity index is 1230. The highest BCUT2D eigenvalue weighted by Crippen LogP contribution is 2.44. The van der Waals surface area contributed by atoms with Crippen molar-refractivity contribution in [2.75, 3.05) is 19.8 Å². The second-order valence-corrected chi connectivity index (χ2v) is 7.67. The highest BCUT2D eigenvalue weighted by Gasteiger charge is 2.28. The van der Waals surface area contributed by atoms with E-state index in [-0.39, 0.29) is 18.2 Å². The molecule has 3 aromatic carbocycles. The average molecular weight is 456 g/mol. The quantitative estimate of drug-likeness (QED) is 0.226. The van der Waals surface area contributed by atoms with Gasteiger partial charge < -0.3 is 14.8 Å². The van der Waals surface area contributed by atoms with Crippen LogP contribution < -0.4 is 10.1 Å². The minimum atomic E-state index is -0.506. The largest absolute Gasteiger partial charge is 0.493 e. The predicted octanol–water partition coefficient (Wildman–Crippen LogP) is 5.27. The van der Waals surface area contributed by atoms with Gasteiger partial charge in [0.2, 0.25) is 0 Å². The Balaban J connectivity index is 1.31. The molecule has 0 aliphatic heterocycles. The van der Waals surface area contributed by atoms with Gasteiger partial charge in [0, 0.05) is 31.0 Å². The van der Waals surface area contributed by atoms with Crippen molar-refractivity contribution >= 4 is 11.8 Å². The molecular weight excluding hydrogens is 432 g/mol. The van der Waals surface area contributed by atoms with Crippen LogP contribution in [0.25, 0.3) is 11.1 Å². The van der Waals surface area contributed by atoms with Crippen LogP contribution in [-0.2, 0) is 4.74 Å². The molecule has 0 aromatic heterocycles. The number of non-ortho nitro benzene ring substituents is 1. The molecule has 0 atom stereocenters. The highest BCUT2D eigenvalue weighted by molar-refractivity contribution is 5.79. The van der Waals surface area contributed by atoms with E-state index in [0.29, 0.717) is 30.9 Å². The molecule has 0 spiro atoms. The van der Waals surface area contributed by atoms with Gasteiger partial charge in [0.05, 0.1) is 17.1 Å². The van der Waals surface area contributed by atoms with Crippen molar-refractivity contribution in [2.45, 2.75) is 19.3 Å². The number of ether oxygens (including phenoxy) is 2. The molecule has 0 saturated heterocycles. The Hall–Kier alpha value is -4.31. The molecule has 7 heteroatoms. The first kappa shape index (κ1) is 22.9. The molecule has 1 aliphatic rings. The zero-order valence-corrected chi connectivity index (χ0v) is 18.7. The lowest BCUT2D eigenvalue weighted by Crippen LogP contribution is -2.26. The Morgan fingerprint density at radius 2 is 1.74 bits per heavy atom. The van der Waals surface area contributed by atoms with Gasteiger partial charge >= 0.3 is 6.09 Å². The summed E-state index contributed by atoms with van der Waals surface area (Å²) in [5, 5.41) is 13.7. The van der Waals surface area contributed by atoms with Gasteiger partial charge in [0.15, 0.2) is 0 Å². The maximum atomic E-state index is 12.2. The molecule has 4 rings (SSSR count). The number of alkyl carbamates (subject to hydrolysis) is 1. The summed E-state index contributed by atoms with van der Waals surface area (Å²) >= 11 is 0. The van der Waals surface area contributed by atoms with Crippen molar-refractivity contribution in [1.29, 1.82) is 0 Å². The summed E-state index contributed by atoms with van der Waals surface area (Å²) in [7, 11) is 0. The number of hydrogen-bond donors (Lipinski definition) is 1. The normalized spacial score (nSPS) is 11.6. The molecule has 0 radical (unpaired) electrons. The van der Waals surface area contributed by atoms with Gasteiger partial charge in [-0.05, 0) is 35.2 Å². The van der Waals surface area contributed by atoms with Crippen molar-refractivity contribution in [1.82, 2.24) is 5.32 Å². The second-order valence-electron chi connectivity index (χ2n) is 7.67. The summed E-state index contributed by atoms with van der Waals surface area (Å²) in [4.78, 5) is 22.8.